The van der Waals surface area contributed by atoms with Crippen molar-refractivity contribution in [2.75, 3.05) is 10.0 Å². The Morgan fingerprint density at radius 1 is 0.885 bits per heavy atom. The molecule has 3 rings (SSSR count). The number of hydrogen-bond acceptors (Lipinski definition) is 4. The van der Waals surface area contributed by atoms with E-state index in [1.807, 2.05) is 50.2 Å². The van der Waals surface area contributed by atoms with Crippen LogP contribution in [0.2, 0.25) is 0 Å². The fraction of sp³-hybridized carbons (Fsp3) is 0.150. The summed E-state index contributed by atoms with van der Waals surface area (Å²) in [5.41, 5.74) is 4.00. The number of aryl methyl sites for hydroxylation is 2. The first-order valence-electron chi connectivity index (χ1n) is 8.38. The molecule has 26 heavy (non-hydrogen) atoms. The second-order valence-corrected chi connectivity index (χ2v) is 7.71. The number of anilines is 3. The highest BCUT2D eigenvalue weighted by Crippen LogP contribution is 2.19. The highest BCUT2D eigenvalue weighted by molar-refractivity contribution is 7.92. The lowest BCUT2D eigenvalue weighted by Crippen LogP contribution is -2.13. The van der Waals surface area contributed by atoms with E-state index in [2.05, 4.69) is 15.0 Å². The van der Waals surface area contributed by atoms with Crippen LogP contribution in [-0.2, 0) is 16.4 Å². The number of rotatable bonds is 6. The maximum atomic E-state index is 12.4. The third-order valence-electron chi connectivity index (χ3n) is 3.98. The second kappa shape index (κ2) is 7.58. The van der Waals surface area contributed by atoms with Crippen molar-refractivity contribution in [2.45, 2.75) is 25.2 Å². The van der Waals surface area contributed by atoms with Crippen LogP contribution < -0.4 is 10.0 Å². The molecule has 0 fully saturated rings. The fourth-order valence-electron chi connectivity index (χ4n) is 2.43. The van der Waals surface area contributed by atoms with Crippen LogP contribution >= 0.6 is 0 Å². The van der Waals surface area contributed by atoms with Crippen molar-refractivity contribution in [3.63, 3.8) is 0 Å². The van der Waals surface area contributed by atoms with E-state index in [-0.39, 0.29) is 10.7 Å². The molecule has 5 nitrogen and oxygen atoms in total. The molecule has 0 spiro atoms. The minimum Gasteiger partial charge on any atom is -0.354 e. The zero-order valence-electron chi connectivity index (χ0n) is 14.7. The molecule has 0 aliphatic rings. The van der Waals surface area contributed by atoms with Crippen molar-refractivity contribution in [1.29, 1.82) is 0 Å². The summed E-state index contributed by atoms with van der Waals surface area (Å²) in [6.07, 6.45) is 2.46. The molecule has 0 saturated carbocycles. The number of benzene rings is 2. The first-order chi connectivity index (χ1) is 12.5. The summed E-state index contributed by atoms with van der Waals surface area (Å²) < 4.78 is 27.4. The van der Waals surface area contributed by atoms with Crippen LogP contribution in [0.4, 0.5) is 17.2 Å². The van der Waals surface area contributed by atoms with Crippen LogP contribution in [0.5, 0.6) is 0 Å². The lowest BCUT2D eigenvalue weighted by atomic mass is 10.2. The van der Waals surface area contributed by atoms with Gasteiger partial charge in [0.15, 0.2) is 0 Å². The normalized spacial score (nSPS) is 11.2. The Bertz CT molecular complexity index is 965. The maximum Gasteiger partial charge on any atom is 0.263 e. The Morgan fingerprint density at radius 2 is 1.54 bits per heavy atom. The summed E-state index contributed by atoms with van der Waals surface area (Å²) in [6, 6.07) is 18.2. The van der Waals surface area contributed by atoms with Crippen molar-refractivity contribution >= 4 is 27.2 Å². The predicted molar refractivity (Wildman–Crippen MR) is 105 cm³/mol. The Balaban J connectivity index is 1.70. The van der Waals surface area contributed by atoms with Gasteiger partial charge in [-0.1, -0.05) is 36.8 Å². The maximum absolute atomic E-state index is 12.4. The molecule has 0 unspecified atom stereocenters. The lowest BCUT2D eigenvalue weighted by Gasteiger charge is -2.10. The molecule has 6 heteroatoms. The Morgan fingerprint density at radius 3 is 2.12 bits per heavy atom. The van der Waals surface area contributed by atoms with Gasteiger partial charge in [-0.25, -0.2) is 13.4 Å². The van der Waals surface area contributed by atoms with Crippen molar-refractivity contribution in [1.82, 2.24) is 4.98 Å². The van der Waals surface area contributed by atoms with Crippen molar-refractivity contribution < 1.29 is 8.42 Å². The molecule has 0 saturated heterocycles. The zero-order valence-corrected chi connectivity index (χ0v) is 15.5. The molecule has 0 atom stereocenters. The van der Waals surface area contributed by atoms with Crippen LogP contribution in [0.1, 0.15) is 18.1 Å². The van der Waals surface area contributed by atoms with Gasteiger partial charge in [0.1, 0.15) is 5.82 Å². The summed E-state index contributed by atoms with van der Waals surface area (Å²) >= 11 is 0. The van der Waals surface area contributed by atoms with E-state index in [4.69, 9.17) is 0 Å². The van der Waals surface area contributed by atoms with E-state index >= 15 is 0 Å². The first kappa shape index (κ1) is 17.9. The van der Waals surface area contributed by atoms with E-state index in [9.17, 15) is 8.42 Å². The number of hydrogen-bond donors (Lipinski definition) is 2. The van der Waals surface area contributed by atoms with Gasteiger partial charge in [0, 0.05) is 5.69 Å². The molecule has 0 amide bonds. The van der Waals surface area contributed by atoms with Gasteiger partial charge in [0.2, 0.25) is 0 Å². The average Bonchev–Trinajstić information content (AvgIpc) is 2.65. The highest BCUT2D eigenvalue weighted by atomic mass is 32.2. The molecule has 1 heterocycles. The van der Waals surface area contributed by atoms with Gasteiger partial charge < -0.3 is 5.32 Å². The van der Waals surface area contributed by atoms with Gasteiger partial charge in [0.25, 0.3) is 10.0 Å². The van der Waals surface area contributed by atoms with Gasteiger partial charge in [0.05, 0.1) is 16.8 Å². The Labute approximate surface area is 154 Å². The van der Waals surface area contributed by atoms with Crippen LogP contribution in [-0.4, -0.2) is 13.4 Å². The number of nitrogens with zero attached hydrogens (tertiary/aromatic N) is 1. The van der Waals surface area contributed by atoms with E-state index in [0.29, 0.717) is 0 Å². The van der Waals surface area contributed by atoms with Gasteiger partial charge >= 0.3 is 0 Å². The van der Waals surface area contributed by atoms with Gasteiger partial charge in [-0.15, -0.1) is 0 Å². The summed E-state index contributed by atoms with van der Waals surface area (Å²) in [5, 5.41) is 3.23. The number of pyridine rings is 1. The van der Waals surface area contributed by atoms with Gasteiger partial charge in [-0.05, 0) is 55.3 Å². The number of aromatic nitrogens is 1. The molecule has 2 aromatic carbocycles. The molecular weight excluding hydrogens is 346 g/mol. The van der Waals surface area contributed by atoms with Crippen LogP contribution in [0.25, 0.3) is 0 Å². The third-order valence-corrected chi connectivity index (χ3v) is 5.36. The molecule has 0 aliphatic heterocycles. The van der Waals surface area contributed by atoms with Gasteiger partial charge in [-0.2, -0.15) is 0 Å². The molecule has 134 valence electrons. The van der Waals surface area contributed by atoms with Crippen molar-refractivity contribution in [2.24, 2.45) is 0 Å². The predicted octanol–water partition coefficient (Wildman–Crippen LogP) is 4.50. The van der Waals surface area contributed by atoms with E-state index < -0.39 is 10.0 Å². The van der Waals surface area contributed by atoms with Crippen LogP contribution in [0.3, 0.4) is 0 Å². The second-order valence-electron chi connectivity index (χ2n) is 6.03. The minimum absolute atomic E-state index is 0.221. The van der Waals surface area contributed by atoms with E-state index in [1.54, 1.807) is 30.5 Å². The molecule has 0 aliphatic carbocycles. The van der Waals surface area contributed by atoms with Crippen LogP contribution in [0, 0.1) is 6.92 Å². The van der Waals surface area contributed by atoms with Crippen LogP contribution in [0.15, 0.2) is 71.8 Å². The molecule has 0 radical (unpaired) electrons. The molecule has 1 aromatic heterocycles. The zero-order chi connectivity index (χ0) is 18.6. The van der Waals surface area contributed by atoms with E-state index in [0.717, 1.165) is 23.4 Å². The molecule has 0 bridgehead atoms. The Hall–Kier alpha value is -2.86. The molecular formula is C20H21N3O2S. The van der Waals surface area contributed by atoms with Gasteiger partial charge in [-0.3, -0.25) is 4.72 Å². The summed E-state index contributed by atoms with van der Waals surface area (Å²) in [5.74, 6) is 0.277. The number of sulfonamides is 1. The average molecular weight is 367 g/mol. The molecule has 3 aromatic rings. The first-order valence-corrected chi connectivity index (χ1v) is 9.86. The van der Waals surface area contributed by atoms with Crippen molar-refractivity contribution in [3.05, 3.63) is 78.0 Å². The third kappa shape index (κ3) is 4.40. The monoisotopic (exact) mass is 367 g/mol. The summed E-state index contributed by atoms with van der Waals surface area (Å²) in [6.45, 7) is 4.06. The quantitative estimate of drug-likeness (QED) is 0.673. The largest absolute Gasteiger partial charge is 0.354 e. The summed E-state index contributed by atoms with van der Waals surface area (Å²) in [7, 11) is -3.65. The highest BCUT2D eigenvalue weighted by Gasteiger charge is 2.14. The van der Waals surface area contributed by atoms with E-state index in [1.165, 1.54) is 5.56 Å². The fourth-order valence-corrected chi connectivity index (χ4v) is 3.44. The standard InChI is InChI=1S/C20H21N3O2S/c1-3-16-6-11-19(12-7-16)26(24,25)23-20-13-10-18(14-21-20)22-17-8-4-15(2)5-9-17/h4-14,22H,3H2,1-2H3,(H,21,23). The number of nitrogens with one attached hydrogen (secondary N) is 2. The smallest absolute Gasteiger partial charge is 0.263 e. The Kier molecular flexibility index (Phi) is 5.23. The minimum atomic E-state index is -3.65. The summed E-state index contributed by atoms with van der Waals surface area (Å²) in [4.78, 5) is 4.40. The molecule has 2 N–H and O–H groups in total. The van der Waals surface area contributed by atoms with Crippen molar-refractivity contribution in [3.8, 4) is 0 Å². The topological polar surface area (TPSA) is 71.1 Å². The lowest BCUT2D eigenvalue weighted by molar-refractivity contribution is 0.601. The SMILES string of the molecule is CCc1ccc(S(=O)(=O)Nc2ccc(Nc3ccc(C)cc3)cn2)cc1.